The van der Waals surface area contributed by atoms with E-state index in [-0.39, 0.29) is 0 Å². The Hall–Kier alpha value is -1.24. The van der Waals surface area contributed by atoms with Crippen molar-refractivity contribution in [3.8, 4) is 17.1 Å². The van der Waals surface area contributed by atoms with E-state index in [2.05, 4.69) is 20.1 Å². The molecule has 0 spiro atoms. The summed E-state index contributed by atoms with van der Waals surface area (Å²) in [5.41, 5.74) is 0.829. The first-order chi connectivity index (χ1) is 11.3. The van der Waals surface area contributed by atoms with Crippen LogP contribution in [0.2, 0.25) is 5.02 Å². The molecule has 1 aromatic carbocycles. The Balaban J connectivity index is 1.60. The summed E-state index contributed by atoms with van der Waals surface area (Å²) in [4.78, 5) is 7.07. The maximum absolute atomic E-state index is 6.07. The summed E-state index contributed by atoms with van der Waals surface area (Å²) in [5, 5.41) is 8.68. The topological polar surface area (TPSA) is 54.0 Å². The molecule has 0 radical (unpaired) electrons. The van der Waals surface area contributed by atoms with Crippen LogP contribution in [0.1, 0.15) is 19.3 Å². The molecule has 0 saturated carbocycles. The second-order valence-electron chi connectivity index (χ2n) is 5.56. The molecule has 0 aliphatic carbocycles. The highest BCUT2D eigenvalue weighted by atomic mass is 35.5. The van der Waals surface area contributed by atoms with Crippen molar-refractivity contribution in [3.05, 3.63) is 23.2 Å². The molecule has 0 amide bonds. The highest BCUT2D eigenvalue weighted by molar-refractivity contribution is 7.99. The zero-order valence-electron chi connectivity index (χ0n) is 13.2. The monoisotopic (exact) mass is 352 g/mol. The molecule has 124 valence electrons. The lowest BCUT2D eigenvalue weighted by Gasteiger charge is -2.25. The van der Waals surface area contributed by atoms with Crippen LogP contribution in [0, 0.1) is 0 Å². The molecule has 1 saturated heterocycles. The van der Waals surface area contributed by atoms with Gasteiger partial charge in [-0.05, 0) is 44.1 Å². The standard InChI is InChI=1S/C16H21ClN4OS/c1-22-14-6-5-12(17)11-13(14)15-18-16(20-19-15)23-10-9-21-7-3-2-4-8-21/h5-6,11H,2-4,7-10H2,1H3,(H,18,19,20). The third kappa shape index (κ3) is 4.40. The summed E-state index contributed by atoms with van der Waals surface area (Å²) < 4.78 is 5.36. The molecule has 1 aliphatic rings. The van der Waals surface area contributed by atoms with E-state index in [1.807, 2.05) is 12.1 Å². The van der Waals surface area contributed by atoms with Gasteiger partial charge < -0.3 is 9.64 Å². The van der Waals surface area contributed by atoms with Crippen LogP contribution in [0.4, 0.5) is 0 Å². The molecule has 0 unspecified atom stereocenters. The SMILES string of the molecule is COc1ccc(Cl)cc1-c1nc(SCCN2CCCCC2)n[nH]1. The number of nitrogens with one attached hydrogen (secondary N) is 1. The number of halogens is 1. The fourth-order valence-electron chi connectivity index (χ4n) is 2.75. The number of rotatable bonds is 6. The number of aromatic nitrogens is 3. The van der Waals surface area contributed by atoms with Crippen molar-refractivity contribution < 1.29 is 4.74 Å². The van der Waals surface area contributed by atoms with Gasteiger partial charge in [0.2, 0.25) is 5.16 Å². The Kier molecular flexibility index (Phi) is 5.80. The largest absolute Gasteiger partial charge is 0.496 e. The lowest BCUT2D eigenvalue weighted by atomic mass is 10.1. The average molecular weight is 353 g/mol. The molecular weight excluding hydrogens is 332 g/mol. The number of thioether (sulfide) groups is 1. The van der Waals surface area contributed by atoms with Gasteiger partial charge in [-0.3, -0.25) is 5.10 Å². The Morgan fingerprint density at radius 3 is 2.91 bits per heavy atom. The fourth-order valence-corrected chi connectivity index (χ4v) is 3.72. The fraction of sp³-hybridized carbons (Fsp3) is 0.500. The van der Waals surface area contributed by atoms with Crippen molar-refractivity contribution in [2.24, 2.45) is 0 Å². The summed E-state index contributed by atoms with van der Waals surface area (Å²) in [5.74, 6) is 2.42. The van der Waals surface area contributed by atoms with Gasteiger partial charge >= 0.3 is 0 Å². The first-order valence-electron chi connectivity index (χ1n) is 7.88. The molecule has 1 aromatic heterocycles. The lowest BCUT2D eigenvalue weighted by molar-refractivity contribution is 0.242. The molecule has 5 nitrogen and oxygen atoms in total. The number of benzene rings is 1. The minimum atomic E-state index is 0.650. The minimum Gasteiger partial charge on any atom is -0.496 e. The van der Waals surface area contributed by atoms with Gasteiger partial charge in [0.25, 0.3) is 0 Å². The molecule has 1 fully saturated rings. The summed E-state index contributed by atoms with van der Waals surface area (Å²) in [6.45, 7) is 3.54. The second kappa shape index (κ2) is 8.04. The van der Waals surface area contributed by atoms with Crippen LogP contribution in [0.25, 0.3) is 11.4 Å². The normalized spacial score (nSPS) is 15.7. The van der Waals surface area contributed by atoms with Crippen LogP contribution in [0.15, 0.2) is 23.4 Å². The van der Waals surface area contributed by atoms with Crippen LogP contribution in [-0.2, 0) is 0 Å². The van der Waals surface area contributed by atoms with E-state index in [1.165, 1.54) is 32.4 Å². The van der Waals surface area contributed by atoms with E-state index in [1.54, 1.807) is 24.9 Å². The van der Waals surface area contributed by atoms with E-state index >= 15 is 0 Å². The first-order valence-corrected chi connectivity index (χ1v) is 9.24. The third-order valence-corrected chi connectivity index (χ3v) is 5.03. The van der Waals surface area contributed by atoms with E-state index in [0.29, 0.717) is 10.8 Å². The van der Waals surface area contributed by atoms with Gasteiger partial charge in [0.15, 0.2) is 5.82 Å². The van der Waals surface area contributed by atoms with Crippen LogP contribution < -0.4 is 4.74 Å². The van der Waals surface area contributed by atoms with Crippen LogP contribution in [0.3, 0.4) is 0 Å². The molecule has 0 atom stereocenters. The van der Waals surface area contributed by atoms with E-state index in [9.17, 15) is 0 Å². The van der Waals surface area contributed by atoms with Gasteiger partial charge in [-0.25, -0.2) is 4.98 Å². The number of aromatic amines is 1. The van der Waals surface area contributed by atoms with Crippen LogP contribution in [-0.4, -0.2) is 52.6 Å². The smallest absolute Gasteiger partial charge is 0.208 e. The summed E-state index contributed by atoms with van der Waals surface area (Å²) in [6.07, 6.45) is 4.02. The maximum Gasteiger partial charge on any atom is 0.208 e. The van der Waals surface area contributed by atoms with E-state index in [4.69, 9.17) is 16.3 Å². The van der Waals surface area contributed by atoms with Crippen molar-refractivity contribution in [2.45, 2.75) is 24.4 Å². The Morgan fingerprint density at radius 2 is 2.13 bits per heavy atom. The lowest BCUT2D eigenvalue weighted by Crippen LogP contribution is -2.31. The number of methoxy groups -OCH3 is 1. The zero-order chi connectivity index (χ0) is 16.1. The number of piperidine rings is 1. The van der Waals surface area contributed by atoms with Crippen LogP contribution >= 0.6 is 23.4 Å². The number of likely N-dealkylation sites (tertiary alicyclic amines) is 1. The molecule has 23 heavy (non-hydrogen) atoms. The van der Waals surface area contributed by atoms with Gasteiger partial charge in [-0.15, -0.1) is 5.10 Å². The predicted octanol–water partition coefficient (Wildman–Crippen LogP) is 3.71. The highest BCUT2D eigenvalue weighted by Gasteiger charge is 2.13. The number of ether oxygens (including phenoxy) is 1. The summed E-state index contributed by atoms with van der Waals surface area (Å²) in [7, 11) is 1.64. The third-order valence-electron chi connectivity index (χ3n) is 3.97. The van der Waals surface area contributed by atoms with Crippen molar-refractivity contribution in [2.75, 3.05) is 32.5 Å². The zero-order valence-corrected chi connectivity index (χ0v) is 14.8. The molecule has 1 aliphatic heterocycles. The van der Waals surface area contributed by atoms with Gasteiger partial charge in [0, 0.05) is 17.3 Å². The molecule has 7 heteroatoms. The Bertz CT molecular complexity index is 643. The molecular formula is C16H21ClN4OS. The number of H-pyrrole nitrogens is 1. The summed E-state index contributed by atoms with van der Waals surface area (Å²) >= 11 is 7.75. The predicted molar refractivity (Wildman–Crippen MR) is 94.4 cm³/mol. The Labute approximate surface area is 145 Å². The van der Waals surface area contributed by atoms with Crippen LogP contribution in [0.5, 0.6) is 5.75 Å². The average Bonchev–Trinajstić information content (AvgIpc) is 3.04. The van der Waals surface area contributed by atoms with Gasteiger partial charge in [0.1, 0.15) is 5.75 Å². The molecule has 1 N–H and O–H groups in total. The molecule has 0 bridgehead atoms. The van der Waals surface area contributed by atoms with E-state index < -0.39 is 0 Å². The Morgan fingerprint density at radius 1 is 1.30 bits per heavy atom. The van der Waals surface area contributed by atoms with Crippen molar-refractivity contribution in [3.63, 3.8) is 0 Å². The van der Waals surface area contributed by atoms with Gasteiger partial charge in [-0.2, -0.15) is 0 Å². The molecule has 3 rings (SSSR count). The van der Waals surface area contributed by atoms with Crippen molar-refractivity contribution in [1.29, 1.82) is 0 Å². The summed E-state index contributed by atoms with van der Waals surface area (Å²) in [6, 6.07) is 5.47. The second-order valence-corrected chi connectivity index (χ2v) is 7.06. The molecule has 2 heterocycles. The molecule has 2 aromatic rings. The van der Waals surface area contributed by atoms with Crippen molar-refractivity contribution in [1.82, 2.24) is 20.1 Å². The highest BCUT2D eigenvalue weighted by Crippen LogP contribution is 2.31. The number of hydrogen-bond acceptors (Lipinski definition) is 5. The quantitative estimate of drug-likeness (QED) is 0.803. The van der Waals surface area contributed by atoms with E-state index in [0.717, 1.165) is 28.8 Å². The number of nitrogens with zero attached hydrogens (tertiary/aromatic N) is 3. The minimum absolute atomic E-state index is 0.650. The number of hydrogen-bond donors (Lipinski definition) is 1. The maximum atomic E-state index is 6.07. The van der Waals surface area contributed by atoms with Gasteiger partial charge in [-0.1, -0.05) is 29.8 Å². The van der Waals surface area contributed by atoms with Gasteiger partial charge in [0.05, 0.1) is 12.7 Å². The first kappa shape index (κ1) is 16.6. The van der Waals surface area contributed by atoms with Crippen molar-refractivity contribution >= 4 is 23.4 Å².